The molecule has 3 nitrogen and oxygen atoms in total. The zero-order valence-corrected chi connectivity index (χ0v) is 9.63. The quantitative estimate of drug-likeness (QED) is 0.833. The molecule has 0 N–H and O–H groups in total. The van der Waals surface area contributed by atoms with Crippen molar-refractivity contribution in [3.8, 4) is 11.5 Å². The highest BCUT2D eigenvalue weighted by molar-refractivity contribution is 9.10. The fraction of sp³-hybridized carbons (Fsp3) is 0.300. The molecule has 0 aliphatic rings. The van der Waals surface area contributed by atoms with E-state index in [0.717, 1.165) is 10.2 Å². The van der Waals surface area contributed by atoms with Crippen molar-refractivity contribution in [2.24, 2.45) is 0 Å². The molecule has 76 valence electrons. The summed E-state index contributed by atoms with van der Waals surface area (Å²) in [5, 5.41) is 0. The zero-order valence-electron chi connectivity index (χ0n) is 8.04. The lowest BCUT2D eigenvalue weighted by Gasteiger charge is -2.06. The molecule has 0 aromatic heterocycles. The average Bonchev–Trinajstić information content (AvgIpc) is 2.15. The topological polar surface area (TPSA) is 35.5 Å². The summed E-state index contributed by atoms with van der Waals surface area (Å²) >= 11 is 3.32. The van der Waals surface area contributed by atoms with E-state index < -0.39 is 0 Å². The number of ether oxygens (including phenoxy) is 2. The lowest BCUT2D eigenvalue weighted by molar-refractivity contribution is -0.118. The molecule has 0 aliphatic carbocycles. The molecule has 1 aromatic carbocycles. The molecular formula is C10H11BrO3. The van der Waals surface area contributed by atoms with E-state index in [2.05, 4.69) is 15.9 Å². The van der Waals surface area contributed by atoms with Crippen LogP contribution in [0.3, 0.4) is 0 Å². The number of Topliss-reactive ketones (excluding diaryl/α,β-unsaturated/α-hetero) is 1. The lowest BCUT2D eigenvalue weighted by Crippen LogP contribution is -2.06. The molecule has 0 fully saturated rings. The van der Waals surface area contributed by atoms with E-state index in [1.807, 2.05) is 0 Å². The Balaban J connectivity index is 2.71. The highest BCUT2D eigenvalue weighted by atomic mass is 79.9. The molecule has 0 saturated carbocycles. The maximum atomic E-state index is 10.7. The number of carbonyl (C=O) groups is 1. The summed E-state index contributed by atoms with van der Waals surface area (Å²) in [4.78, 5) is 10.7. The van der Waals surface area contributed by atoms with Gasteiger partial charge in [-0.3, -0.25) is 4.79 Å². The summed E-state index contributed by atoms with van der Waals surface area (Å²) in [5.41, 5.74) is 0. The normalized spacial score (nSPS) is 9.64. The second-order valence-corrected chi connectivity index (χ2v) is 3.64. The number of methoxy groups -OCH3 is 1. The molecule has 14 heavy (non-hydrogen) atoms. The molecule has 0 amide bonds. The fourth-order valence-corrected chi connectivity index (χ4v) is 1.44. The van der Waals surface area contributed by atoms with Gasteiger partial charge in [-0.05, 0) is 41.1 Å². The third kappa shape index (κ3) is 3.03. The van der Waals surface area contributed by atoms with Crippen LogP contribution in [0.25, 0.3) is 0 Å². The van der Waals surface area contributed by atoms with Gasteiger partial charge < -0.3 is 9.47 Å². The molecule has 0 atom stereocenters. The largest absolute Gasteiger partial charge is 0.496 e. The minimum atomic E-state index is -0.00283. The first-order chi connectivity index (χ1) is 6.63. The van der Waals surface area contributed by atoms with E-state index in [1.165, 1.54) is 6.92 Å². The maximum Gasteiger partial charge on any atom is 0.167 e. The van der Waals surface area contributed by atoms with Gasteiger partial charge in [-0.25, -0.2) is 0 Å². The van der Waals surface area contributed by atoms with Crippen LogP contribution in [-0.2, 0) is 4.79 Å². The molecule has 0 spiro atoms. The third-order valence-electron chi connectivity index (χ3n) is 1.57. The molecule has 0 aliphatic heterocycles. The molecule has 1 aromatic rings. The molecule has 0 unspecified atom stereocenters. The predicted molar refractivity (Wildman–Crippen MR) is 56.9 cm³/mol. The van der Waals surface area contributed by atoms with Crippen LogP contribution in [0.1, 0.15) is 6.92 Å². The number of carbonyl (C=O) groups excluding carboxylic acids is 1. The number of hydrogen-bond donors (Lipinski definition) is 0. The fourth-order valence-electron chi connectivity index (χ4n) is 0.922. The molecule has 0 bridgehead atoms. The lowest BCUT2D eigenvalue weighted by atomic mass is 10.3. The molecule has 4 heteroatoms. The SMILES string of the molecule is COc1ccc(OCC(C)=O)cc1Br. The summed E-state index contributed by atoms with van der Waals surface area (Å²) < 4.78 is 11.1. The minimum absolute atomic E-state index is 0.00283. The van der Waals surface area contributed by atoms with Crippen LogP contribution in [0, 0.1) is 0 Å². The van der Waals surface area contributed by atoms with Gasteiger partial charge in [0, 0.05) is 0 Å². The Morgan fingerprint density at radius 3 is 2.71 bits per heavy atom. The van der Waals surface area contributed by atoms with Gasteiger partial charge in [0.15, 0.2) is 5.78 Å². The average molecular weight is 259 g/mol. The summed E-state index contributed by atoms with van der Waals surface area (Å²) in [6.07, 6.45) is 0. The van der Waals surface area contributed by atoms with E-state index in [1.54, 1.807) is 25.3 Å². The van der Waals surface area contributed by atoms with Gasteiger partial charge in [0.1, 0.15) is 18.1 Å². The van der Waals surface area contributed by atoms with Gasteiger partial charge in [-0.15, -0.1) is 0 Å². The van der Waals surface area contributed by atoms with Crippen LogP contribution in [0.4, 0.5) is 0 Å². The summed E-state index contributed by atoms with van der Waals surface area (Å²) in [5.74, 6) is 1.38. The number of ketones is 1. The van der Waals surface area contributed by atoms with Crippen LogP contribution in [0.2, 0.25) is 0 Å². The standard InChI is InChI=1S/C10H11BrO3/c1-7(12)6-14-8-3-4-10(13-2)9(11)5-8/h3-5H,6H2,1-2H3. The van der Waals surface area contributed by atoms with Gasteiger partial charge in [-0.1, -0.05) is 0 Å². The van der Waals surface area contributed by atoms with Crippen molar-refractivity contribution in [3.63, 3.8) is 0 Å². The van der Waals surface area contributed by atoms with E-state index in [9.17, 15) is 4.79 Å². The Bertz CT molecular complexity index is 336. The minimum Gasteiger partial charge on any atom is -0.496 e. The van der Waals surface area contributed by atoms with Crippen molar-refractivity contribution in [2.75, 3.05) is 13.7 Å². The second kappa shape index (κ2) is 5.00. The Hall–Kier alpha value is -1.03. The van der Waals surface area contributed by atoms with Gasteiger partial charge in [0.05, 0.1) is 11.6 Å². The Morgan fingerprint density at radius 2 is 2.21 bits per heavy atom. The first-order valence-corrected chi connectivity index (χ1v) is 4.88. The van der Waals surface area contributed by atoms with E-state index in [0.29, 0.717) is 5.75 Å². The highest BCUT2D eigenvalue weighted by Gasteiger charge is 2.02. The van der Waals surface area contributed by atoms with Gasteiger partial charge in [0.2, 0.25) is 0 Å². The summed E-state index contributed by atoms with van der Waals surface area (Å²) in [6.45, 7) is 1.58. The van der Waals surface area contributed by atoms with Crippen molar-refractivity contribution in [1.29, 1.82) is 0 Å². The summed E-state index contributed by atoms with van der Waals surface area (Å²) in [6, 6.07) is 5.30. The number of halogens is 1. The van der Waals surface area contributed by atoms with Crippen molar-refractivity contribution >= 4 is 21.7 Å². The first-order valence-electron chi connectivity index (χ1n) is 4.09. The van der Waals surface area contributed by atoms with E-state index >= 15 is 0 Å². The van der Waals surface area contributed by atoms with Crippen molar-refractivity contribution in [1.82, 2.24) is 0 Å². The first kappa shape index (κ1) is 11.0. The van der Waals surface area contributed by atoms with Crippen LogP contribution < -0.4 is 9.47 Å². The van der Waals surface area contributed by atoms with Gasteiger partial charge in [0.25, 0.3) is 0 Å². The zero-order chi connectivity index (χ0) is 10.6. The van der Waals surface area contributed by atoms with E-state index in [-0.39, 0.29) is 12.4 Å². The van der Waals surface area contributed by atoms with Crippen molar-refractivity contribution in [3.05, 3.63) is 22.7 Å². The second-order valence-electron chi connectivity index (χ2n) is 2.79. The Morgan fingerprint density at radius 1 is 1.50 bits per heavy atom. The molecular weight excluding hydrogens is 248 g/mol. The molecule has 0 saturated heterocycles. The van der Waals surface area contributed by atoms with Crippen LogP contribution in [0.15, 0.2) is 22.7 Å². The van der Waals surface area contributed by atoms with Crippen molar-refractivity contribution < 1.29 is 14.3 Å². The van der Waals surface area contributed by atoms with Crippen LogP contribution >= 0.6 is 15.9 Å². The summed E-state index contributed by atoms with van der Waals surface area (Å²) in [7, 11) is 1.59. The molecule has 0 radical (unpaired) electrons. The number of rotatable bonds is 4. The predicted octanol–water partition coefficient (Wildman–Crippen LogP) is 2.43. The van der Waals surface area contributed by atoms with Gasteiger partial charge in [-0.2, -0.15) is 0 Å². The number of hydrogen-bond acceptors (Lipinski definition) is 3. The Kier molecular flexibility index (Phi) is 3.95. The van der Waals surface area contributed by atoms with Crippen molar-refractivity contribution in [2.45, 2.75) is 6.92 Å². The number of benzene rings is 1. The smallest absolute Gasteiger partial charge is 0.167 e. The van der Waals surface area contributed by atoms with Crippen LogP contribution in [0.5, 0.6) is 11.5 Å². The van der Waals surface area contributed by atoms with Gasteiger partial charge >= 0.3 is 0 Å². The maximum absolute atomic E-state index is 10.7. The van der Waals surface area contributed by atoms with Crippen LogP contribution in [-0.4, -0.2) is 19.5 Å². The third-order valence-corrected chi connectivity index (χ3v) is 2.19. The molecule has 0 heterocycles. The monoisotopic (exact) mass is 258 g/mol. The highest BCUT2D eigenvalue weighted by Crippen LogP contribution is 2.28. The van der Waals surface area contributed by atoms with E-state index in [4.69, 9.17) is 9.47 Å². The Labute approximate surface area is 91.1 Å². The molecule has 1 rings (SSSR count).